The Hall–Kier alpha value is -3.26. The lowest BCUT2D eigenvalue weighted by Gasteiger charge is -2.07. The number of aromatic nitrogens is 1. The van der Waals surface area contributed by atoms with Crippen molar-refractivity contribution in [1.82, 2.24) is 4.98 Å². The summed E-state index contributed by atoms with van der Waals surface area (Å²) in [6, 6.07) is 22.0. The van der Waals surface area contributed by atoms with Crippen molar-refractivity contribution in [2.24, 2.45) is 0 Å². The third kappa shape index (κ3) is 4.18. The largest absolute Gasteiger partial charge is 0.300 e. The van der Waals surface area contributed by atoms with Gasteiger partial charge in [0, 0.05) is 22.9 Å². The zero-order valence-corrected chi connectivity index (χ0v) is 14.0. The van der Waals surface area contributed by atoms with Crippen LogP contribution in [0.3, 0.4) is 0 Å². The van der Waals surface area contributed by atoms with E-state index in [4.69, 9.17) is 5.41 Å². The fourth-order valence-electron chi connectivity index (χ4n) is 2.62. The fourth-order valence-corrected chi connectivity index (χ4v) is 2.62. The predicted octanol–water partition coefficient (Wildman–Crippen LogP) is 5.45. The molecule has 0 bridgehead atoms. The van der Waals surface area contributed by atoms with Crippen LogP contribution in [-0.2, 0) is 6.42 Å². The first-order valence-corrected chi connectivity index (χ1v) is 8.25. The molecule has 1 heterocycles. The summed E-state index contributed by atoms with van der Waals surface area (Å²) < 4.78 is 0. The number of pyridine rings is 1. The summed E-state index contributed by atoms with van der Waals surface area (Å²) in [7, 11) is 0. The maximum atomic E-state index is 8.44. The molecular weight excluding hydrogens is 304 g/mol. The molecule has 2 nitrogen and oxygen atoms in total. The molecule has 0 saturated carbocycles. The van der Waals surface area contributed by atoms with Gasteiger partial charge in [-0.1, -0.05) is 79.4 Å². The van der Waals surface area contributed by atoms with Gasteiger partial charge in [-0.25, -0.2) is 0 Å². The first-order valence-electron chi connectivity index (χ1n) is 8.25. The molecule has 0 aliphatic carbocycles. The summed E-state index contributed by atoms with van der Waals surface area (Å²) in [6.07, 6.45) is 8.46. The monoisotopic (exact) mass is 324 g/mol. The molecule has 0 saturated heterocycles. The Bertz CT molecular complexity index is 874. The van der Waals surface area contributed by atoms with E-state index in [1.807, 2.05) is 60.7 Å². The van der Waals surface area contributed by atoms with Gasteiger partial charge in [0.2, 0.25) is 0 Å². The summed E-state index contributed by atoms with van der Waals surface area (Å²) in [6.45, 7) is 3.67. The summed E-state index contributed by atoms with van der Waals surface area (Å²) >= 11 is 0. The third-order valence-electron chi connectivity index (χ3n) is 4.00. The smallest absolute Gasteiger partial charge is 0.0701 e. The molecule has 0 atom stereocenters. The second-order valence-electron chi connectivity index (χ2n) is 5.73. The van der Waals surface area contributed by atoms with Crippen molar-refractivity contribution in [3.8, 4) is 11.3 Å². The zero-order chi connectivity index (χ0) is 17.5. The normalized spacial score (nSPS) is 10.7. The van der Waals surface area contributed by atoms with Gasteiger partial charge in [0.05, 0.1) is 11.4 Å². The van der Waals surface area contributed by atoms with E-state index in [-0.39, 0.29) is 0 Å². The van der Waals surface area contributed by atoms with Crippen molar-refractivity contribution < 1.29 is 0 Å². The van der Waals surface area contributed by atoms with Crippen LogP contribution in [0.25, 0.3) is 11.3 Å². The van der Waals surface area contributed by atoms with Crippen LogP contribution in [-0.4, -0.2) is 10.7 Å². The molecule has 25 heavy (non-hydrogen) atoms. The number of benzene rings is 2. The van der Waals surface area contributed by atoms with Crippen LogP contribution >= 0.6 is 0 Å². The molecule has 3 rings (SSSR count). The van der Waals surface area contributed by atoms with E-state index in [1.54, 1.807) is 12.3 Å². The van der Waals surface area contributed by atoms with Crippen LogP contribution in [0.1, 0.15) is 16.7 Å². The van der Waals surface area contributed by atoms with Crippen molar-refractivity contribution in [2.45, 2.75) is 6.42 Å². The number of nitrogens with one attached hydrogen (secondary N) is 1. The molecule has 1 N–H and O–H groups in total. The van der Waals surface area contributed by atoms with Crippen molar-refractivity contribution in [3.05, 3.63) is 114 Å². The van der Waals surface area contributed by atoms with Gasteiger partial charge in [0.1, 0.15) is 0 Å². The molecule has 0 radical (unpaired) electrons. The lowest BCUT2D eigenvalue weighted by molar-refractivity contribution is 1.27. The molecule has 0 amide bonds. The maximum Gasteiger partial charge on any atom is 0.0701 e. The highest BCUT2D eigenvalue weighted by Gasteiger charge is 2.06. The Morgan fingerprint density at radius 2 is 1.60 bits per heavy atom. The molecule has 0 spiro atoms. The molecule has 3 aromatic rings. The minimum absolute atomic E-state index is 0.528. The van der Waals surface area contributed by atoms with Gasteiger partial charge < -0.3 is 0 Å². The third-order valence-corrected chi connectivity index (χ3v) is 4.00. The topological polar surface area (TPSA) is 36.7 Å². The van der Waals surface area contributed by atoms with E-state index >= 15 is 0 Å². The summed E-state index contributed by atoms with van der Waals surface area (Å²) in [5.74, 6) is 0. The Morgan fingerprint density at radius 1 is 0.920 bits per heavy atom. The van der Waals surface area contributed by atoms with Gasteiger partial charge >= 0.3 is 0 Å². The molecule has 1 aromatic heterocycles. The average Bonchev–Trinajstić information content (AvgIpc) is 2.69. The Morgan fingerprint density at radius 3 is 2.20 bits per heavy atom. The van der Waals surface area contributed by atoms with Gasteiger partial charge in [-0.3, -0.25) is 10.4 Å². The van der Waals surface area contributed by atoms with Crippen molar-refractivity contribution in [3.63, 3.8) is 0 Å². The van der Waals surface area contributed by atoms with Gasteiger partial charge in [-0.2, -0.15) is 0 Å². The van der Waals surface area contributed by atoms with Gasteiger partial charge in [0.15, 0.2) is 0 Å². The second kappa shape index (κ2) is 8.02. The van der Waals surface area contributed by atoms with Crippen LogP contribution in [0.5, 0.6) is 0 Å². The highest BCUT2D eigenvalue weighted by atomic mass is 14.7. The van der Waals surface area contributed by atoms with Crippen LogP contribution < -0.4 is 0 Å². The summed E-state index contributed by atoms with van der Waals surface area (Å²) in [5.41, 5.74) is 5.57. The van der Waals surface area contributed by atoms with Crippen LogP contribution in [0.2, 0.25) is 0 Å². The number of nitrogens with zero attached hydrogens (tertiary/aromatic N) is 1. The molecule has 122 valence electrons. The quantitative estimate of drug-likeness (QED) is 0.475. The van der Waals surface area contributed by atoms with Crippen molar-refractivity contribution in [1.29, 1.82) is 5.41 Å². The summed E-state index contributed by atoms with van der Waals surface area (Å²) in [4.78, 5) is 4.36. The number of allylic oxidation sites excluding steroid dienone is 3. The first kappa shape index (κ1) is 16.6. The molecule has 0 unspecified atom stereocenters. The Balaban J connectivity index is 1.74. The van der Waals surface area contributed by atoms with Crippen LogP contribution in [0, 0.1) is 5.41 Å². The molecule has 2 heteroatoms. The predicted molar refractivity (Wildman–Crippen MR) is 105 cm³/mol. The van der Waals surface area contributed by atoms with Gasteiger partial charge in [0.25, 0.3) is 0 Å². The van der Waals surface area contributed by atoms with Crippen molar-refractivity contribution in [2.75, 3.05) is 0 Å². The number of hydrogen-bond donors (Lipinski definition) is 1. The van der Waals surface area contributed by atoms with E-state index in [2.05, 4.69) is 29.8 Å². The number of hydrogen-bond acceptors (Lipinski definition) is 2. The van der Waals surface area contributed by atoms with E-state index in [0.717, 1.165) is 28.8 Å². The highest BCUT2D eigenvalue weighted by Crippen LogP contribution is 2.19. The van der Waals surface area contributed by atoms with E-state index < -0.39 is 0 Å². The average molecular weight is 324 g/mol. The number of rotatable bonds is 6. The molecule has 2 aromatic carbocycles. The Labute approximate surface area is 148 Å². The molecule has 0 aliphatic rings. The maximum absolute atomic E-state index is 8.44. The first-order chi connectivity index (χ1) is 12.3. The van der Waals surface area contributed by atoms with Gasteiger partial charge in [-0.05, 0) is 24.1 Å². The molecule has 0 aliphatic heterocycles. The van der Waals surface area contributed by atoms with Crippen molar-refractivity contribution >= 4 is 5.71 Å². The molecular formula is C23H20N2. The van der Waals surface area contributed by atoms with Crippen LogP contribution in [0.4, 0.5) is 0 Å². The molecule has 0 fully saturated rings. The fraction of sp³-hybridized carbons (Fsp3) is 0.0435. The van der Waals surface area contributed by atoms with Crippen LogP contribution in [0.15, 0.2) is 97.7 Å². The second-order valence-corrected chi connectivity index (χ2v) is 5.73. The SMILES string of the molecule is C=C/C=C\Cc1ccc(C(=N)c2ccc(-c3ccccn3)cc2)cc1. The Kier molecular flexibility index (Phi) is 5.32. The van der Waals surface area contributed by atoms with E-state index in [1.165, 1.54) is 5.56 Å². The minimum Gasteiger partial charge on any atom is -0.300 e. The van der Waals surface area contributed by atoms with E-state index in [9.17, 15) is 0 Å². The lowest BCUT2D eigenvalue weighted by Crippen LogP contribution is -2.01. The standard InChI is InChI=1S/C23H20N2/c1-2-3-4-7-18-9-11-20(12-10-18)23(24)21-15-13-19(14-16-21)22-8-5-6-17-25-22/h2-6,8-17,24H,1,7H2/b4-3-,24-23?. The summed E-state index contributed by atoms with van der Waals surface area (Å²) in [5, 5.41) is 8.44. The van der Waals surface area contributed by atoms with Gasteiger partial charge in [-0.15, -0.1) is 0 Å². The zero-order valence-electron chi connectivity index (χ0n) is 14.0. The highest BCUT2D eigenvalue weighted by molar-refractivity contribution is 6.11. The lowest BCUT2D eigenvalue weighted by atomic mass is 9.99. The minimum atomic E-state index is 0.528. The van der Waals surface area contributed by atoms with E-state index in [0.29, 0.717) is 5.71 Å².